The standard InChI is InChI=1S/C27H37N3O4/c1-5-6-10-18-30-24(31)20-13-11-12-19-22(15-14-21(23(19)20)25(30)32)28-16-8-7-9-17-29-26(33)34-27(2,3)4/h11-15,28H,5-10,16-18H2,1-4H3,(H,29,33). The van der Waals surface area contributed by atoms with Crippen LogP contribution < -0.4 is 10.6 Å². The van der Waals surface area contributed by atoms with Gasteiger partial charge in [0.25, 0.3) is 11.8 Å². The first-order chi connectivity index (χ1) is 16.2. The van der Waals surface area contributed by atoms with Gasteiger partial charge in [0.15, 0.2) is 0 Å². The highest BCUT2D eigenvalue weighted by Crippen LogP contribution is 2.34. The van der Waals surface area contributed by atoms with Gasteiger partial charge in [0, 0.05) is 47.2 Å². The number of benzene rings is 2. The minimum atomic E-state index is -0.491. The van der Waals surface area contributed by atoms with Crippen molar-refractivity contribution in [2.24, 2.45) is 0 Å². The van der Waals surface area contributed by atoms with E-state index in [1.807, 2.05) is 51.1 Å². The number of carbonyl (C=O) groups excluding carboxylic acids is 3. The average molecular weight is 468 g/mol. The molecule has 0 radical (unpaired) electrons. The second-order valence-electron chi connectivity index (χ2n) is 9.77. The molecule has 1 heterocycles. The monoisotopic (exact) mass is 467 g/mol. The van der Waals surface area contributed by atoms with Crippen LogP contribution in [0, 0.1) is 0 Å². The van der Waals surface area contributed by atoms with Crippen LogP contribution in [0.5, 0.6) is 0 Å². The second-order valence-corrected chi connectivity index (χ2v) is 9.77. The summed E-state index contributed by atoms with van der Waals surface area (Å²) in [5.41, 5.74) is 1.63. The summed E-state index contributed by atoms with van der Waals surface area (Å²) >= 11 is 0. The van der Waals surface area contributed by atoms with Crippen LogP contribution in [0.15, 0.2) is 30.3 Å². The number of hydrogen-bond donors (Lipinski definition) is 2. The van der Waals surface area contributed by atoms with Crippen molar-refractivity contribution in [3.05, 3.63) is 41.5 Å². The predicted octanol–water partition coefficient (Wildman–Crippen LogP) is 5.73. The van der Waals surface area contributed by atoms with Gasteiger partial charge in [0.2, 0.25) is 0 Å². The normalized spacial score (nSPS) is 13.4. The van der Waals surface area contributed by atoms with Crippen LogP contribution in [-0.2, 0) is 4.74 Å². The lowest BCUT2D eigenvalue weighted by Crippen LogP contribution is -2.40. The first-order valence-corrected chi connectivity index (χ1v) is 12.4. The third-order valence-electron chi connectivity index (χ3n) is 5.81. The van der Waals surface area contributed by atoms with Crippen LogP contribution in [0.3, 0.4) is 0 Å². The van der Waals surface area contributed by atoms with Crippen molar-refractivity contribution in [1.82, 2.24) is 10.2 Å². The molecule has 1 aliphatic rings. The number of ether oxygens (including phenoxy) is 1. The fraction of sp³-hybridized carbons (Fsp3) is 0.519. The number of rotatable bonds is 11. The summed E-state index contributed by atoms with van der Waals surface area (Å²) in [6.45, 7) is 9.43. The molecular weight excluding hydrogens is 430 g/mol. The third kappa shape index (κ3) is 6.27. The molecule has 2 aromatic carbocycles. The Hall–Kier alpha value is -3.09. The molecular formula is C27H37N3O4. The Kier molecular flexibility index (Phi) is 8.53. The van der Waals surface area contributed by atoms with Crippen molar-refractivity contribution in [3.63, 3.8) is 0 Å². The quantitative estimate of drug-likeness (QED) is 0.325. The Bertz CT molecular complexity index is 1020. The molecule has 3 amide bonds. The van der Waals surface area contributed by atoms with Gasteiger partial charge in [0.1, 0.15) is 5.60 Å². The second kappa shape index (κ2) is 11.4. The third-order valence-corrected chi connectivity index (χ3v) is 5.81. The molecule has 7 heteroatoms. The predicted molar refractivity (Wildman–Crippen MR) is 135 cm³/mol. The van der Waals surface area contributed by atoms with Crippen LogP contribution in [-0.4, -0.2) is 48.0 Å². The van der Waals surface area contributed by atoms with E-state index in [9.17, 15) is 14.4 Å². The van der Waals surface area contributed by atoms with Gasteiger partial charge < -0.3 is 15.4 Å². The summed E-state index contributed by atoms with van der Waals surface area (Å²) in [7, 11) is 0. The fourth-order valence-electron chi connectivity index (χ4n) is 4.18. The lowest BCUT2D eigenvalue weighted by molar-refractivity contribution is 0.0525. The van der Waals surface area contributed by atoms with Crippen molar-refractivity contribution in [1.29, 1.82) is 0 Å². The average Bonchev–Trinajstić information content (AvgIpc) is 2.78. The molecule has 0 bridgehead atoms. The molecule has 2 N–H and O–H groups in total. The molecule has 0 fully saturated rings. The Morgan fingerprint density at radius 3 is 2.32 bits per heavy atom. The van der Waals surface area contributed by atoms with Gasteiger partial charge in [-0.25, -0.2) is 4.79 Å². The Labute approximate surface area is 202 Å². The number of alkyl carbamates (subject to hydrolysis) is 1. The molecule has 1 aliphatic heterocycles. The molecule has 0 saturated carbocycles. The molecule has 7 nitrogen and oxygen atoms in total. The Morgan fingerprint density at radius 1 is 0.912 bits per heavy atom. The summed E-state index contributed by atoms with van der Waals surface area (Å²) in [4.78, 5) is 39.2. The number of amides is 3. The van der Waals surface area contributed by atoms with Gasteiger partial charge in [-0.1, -0.05) is 31.9 Å². The van der Waals surface area contributed by atoms with Crippen LogP contribution in [0.4, 0.5) is 10.5 Å². The molecule has 0 unspecified atom stereocenters. The van der Waals surface area contributed by atoms with E-state index in [4.69, 9.17) is 4.74 Å². The SMILES string of the molecule is CCCCCN1C(=O)c2cccc3c(NCCCCCNC(=O)OC(C)(C)C)ccc(c23)C1=O. The topological polar surface area (TPSA) is 87.7 Å². The molecule has 0 spiro atoms. The number of imide groups is 1. The van der Waals surface area contributed by atoms with Gasteiger partial charge in [-0.2, -0.15) is 0 Å². The molecule has 0 saturated heterocycles. The van der Waals surface area contributed by atoms with Gasteiger partial charge in [-0.3, -0.25) is 14.5 Å². The first kappa shape index (κ1) is 25.5. The maximum Gasteiger partial charge on any atom is 0.407 e. The lowest BCUT2D eigenvalue weighted by atomic mass is 9.93. The number of hydrogen-bond acceptors (Lipinski definition) is 5. The summed E-state index contributed by atoms with van der Waals surface area (Å²) in [5, 5.41) is 7.88. The van der Waals surface area contributed by atoms with Crippen LogP contribution >= 0.6 is 0 Å². The number of nitrogens with one attached hydrogen (secondary N) is 2. The van der Waals surface area contributed by atoms with Crippen molar-refractivity contribution >= 4 is 34.4 Å². The van der Waals surface area contributed by atoms with Crippen molar-refractivity contribution < 1.29 is 19.1 Å². The summed E-state index contributed by atoms with van der Waals surface area (Å²) < 4.78 is 5.23. The molecule has 184 valence electrons. The van der Waals surface area contributed by atoms with Crippen LogP contribution in [0.25, 0.3) is 10.8 Å². The molecule has 34 heavy (non-hydrogen) atoms. The Balaban J connectivity index is 1.56. The molecule has 0 atom stereocenters. The van der Waals surface area contributed by atoms with E-state index in [0.717, 1.165) is 61.5 Å². The summed E-state index contributed by atoms with van der Waals surface area (Å²) in [6.07, 6.45) is 5.22. The van der Waals surface area contributed by atoms with E-state index in [0.29, 0.717) is 24.2 Å². The van der Waals surface area contributed by atoms with Gasteiger partial charge in [-0.15, -0.1) is 0 Å². The number of carbonyl (C=O) groups is 3. The highest BCUT2D eigenvalue weighted by molar-refractivity contribution is 6.26. The Morgan fingerprint density at radius 2 is 1.62 bits per heavy atom. The van der Waals surface area contributed by atoms with Crippen LogP contribution in [0.2, 0.25) is 0 Å². The fourth-order valence-corrected chi connectivity index (χ4v) is 4.18. The largest absolute Gasteiger partial charge is 0.444 e. The highest BCUT2D eigenvalue weighted by atomic mass is 16.6. The summed E-state index contributed by atoms with van der Waals surface area (Å²) in [6, 6.07) is 9.43. The van der Waals surface area contributed by atoms with E-state index >= 15 is 0 Å². The van der Waals surface area contributed by atoms with E-state index in [1.54, 1.807) is 0 Å². The van der Waals surface area contributed by atoms with Crippen molar-refractivity contribution in [2.45, 2.75) is 71.8 Å². The molecule has 2 aromatic rings. The molecule has 0 aliphatic carbocycles. The smallest absolute Gasteiger partial charge is 0.407 e. The minimum Gasteiger partial charge on any atom is -0.444 e. The maximum atomic E-state index is 13.1. The van der Waals surface area contributed by atoms with E-state index < -0.39 is 5.60 Å². The molecule has 3 rings (SSSR count). The van der Waals surface area contributed by atoms with Crippen molar-refractivity contribution in [3.8, 4) is 0 Å². The summed E-state index contributed by atoms with van der Waals surface area (Å²) in [5.74, 6) is -0.400. The lowest BCUT2D eigenvalue weighted by Gasteiger charge is -2.28. The van der Waals surface area contributed by atoms with E-state index in [2.05, 4.69) is 17.6 Å². The van der Waals surface area contributed by atoms with E-state index in [1.165, 1.54) is 4.90 Å². The first-order valence-electron chi connectivity index (χ1n) is 12.4. The zero-order valence-corrected chi connectivity index (χ0v) is 20.8. The van der Waals surface area contributed by atoms with Gasteiger partial charge >= 0.3 is 6.09 Å². The maximum absolute atomic E-state index is 13.1. The van der Waals surface area contributed by atoms with Crippen molar-refractivity contribution in [2.75, 3.05) is 25.0 Å². The highest BCUT2D eigenvalue weighted by Gasteiger charge is 2.32. The zero-order chi connectivity index (χ0) is 24.7. The zero-order valence-electron chi connectivity index (χ0n) is 20.8. The molecule has 0 aromatic heterocycles. The minimum absolute atomic E-state index is 0.200. The number of nitrogens with zero attached hydrogens (tertiary/aromatic N) is 1. The van der Waals surface area contributed by atoms with Gasteiger partial charge in [0.05, 0.1) is 0 Å². The number of anilines is 1. The van der Waals surface area contributed by atoms with Gasteiger partial charge in [-0.05, 0) is 64.7 Å². The number of unbranched alkanes of at least 4 members (excludes halogenated alkanes) is 4. The van der Waals surface area contributed by atoms with Crippen LogP contribution in [0.1, 0.15) is 86.9 Å². The van der Waals surface area contributed by atoms with E-state index in [-0.39, 0.29) is 17.9 Å².